The van der Waals surface area contributed by atoms with Gasteiger partial charge in [-0.1, -0.05) is 32.9 Å². The lowest BCUT2D eigenvalue weighted by Crippen LogP contribution is -2.10. The molecule has 0 aliphatic carbocycles. The molecule has 0 amide bonds. The lowest BCUT2D eigenvalue weighted by Gasteiger charge is -2.18. The zero-order chi connectivity index (χ0) is 12.3. The van der Waals surface area contributed by atoms with Gasteiger partial charge in [-0.15, -0.1) is 5.10 Å². The number of benzene rings is 1. The SMILES string of the molecule is CC(C)(C)c1ccc(Sc2nccnn2)cc1. The molecule has 0 aliphatic heterocycles. The molecule has 17 heavy (non-hydrogen) atoms. The summed E-state index contributed by atoms with van der Waals surface area (Å²) >= 11 is 1.52. The molecule has 0 spiro atoms. The fourth-order valence-corrected chi connectivity index (χ4v) is 2.10. The van der Waals surface area contributed by atoms with Gasteiger partial charge in [-0.2, -0.15) is 5.10 Å². The number of hydrogen-bond acceptors (Lipinski definition) is 4. The van der Waals surface area contributed by atoms with Crippen LogP contribution in [0.2, 0.25) is 0 Å². The van der Waals surface area contributed by atoms with Crippen LogP contribution in [0.15, 0.2) is 46.7 Å². The molecular formula is C13H15N3S. The predicted molar refractivity (Wildman–Crippen MR) is 69.1 cm³/mol. The quantitative estimate of drug-likeness (QED) is 0.813. The summed E-state index contributed by atoms with van der Waals surface area (Å²) in [7, 11) is 0. The second kappa shape index (κ2) is 4.84. The van der Waals surface area contributed by atoms with Crippen LogP contribution in [0.5, 0.6) is 0 Å². The molecule has 2 rings (SSSR count). The van der Waals surface area contributed by atoms with E-state index >= 15 is 0 Å². The fraction of sp³-hybridized carbons (Fsp3) is 0.308. The van der Waals surface area contributed by atoms with Gasteiger partial charge in [-0.05, 0) is 34.9 Å². The molecular weight excluding hydrogens is 230 g/mol. The highest BCUT2D eigenvalue weighted by Gasteiger charge is 2.13. The van der Waals surface area contributed by atoms with E-state index in [1.54, 1.807) is 12.4 Å². The second-order valence-electron chi connectivity index (χ2n) is 4.80. The van der Waals surface area contributed by atoms with Gasteiger partial charge in [0.15, 0.2) is 0 Å². The molecule has 1 heterocycles. The minimum absolute atomic E-state index is 0.188. The summed E-state index contributed by atoms with van der Waals surface area (Å²) in [6.45, 7) is 6.62. The predicted octanol–water partition coefficient (Wildman–Crippen LogP) is 3.32. The standard InChI is InChI=1S/C13H15N3S/c1-13(2,3)10-4-6-11(7-5-10)17-12-14-8-9-15-16-12/h4-9H,1-3H3. The van der Waals surface area contributed by atoms with Crippen molar-refractivity contribution in [3.8, 4) is 0 Å². The first kappa shape index (κ1) is 12.0. The van der Waals surface area contributed by atoms with E-state index in [0.29, 0.717) is 5.16 Å². The van der Waals surface area contributed by atoms with Crippen molar-refractivity contribution in [3.05, 3.63) is 42.2 Å². The molecule has 0 atom stereocenters. The third-order valence-corrected chi connectivity index (χ3v) is 3.27. The van der Waals surface area contributed by atoms with Gasteiger partial charge in [0.2, 0.25) is 5.16 Å². The molecule has 0 saturated carbocycles. The first-order valence-corrected chi connectivity index (χ1v) is 6.29. The average Bonchev–Trinajstić information content (AvgIpc) is 2.30. The molecule has 0 unspecified atom stereocenters. The summed E-state index contributed by atoms with van der Waals surface area (Å²) in [5.41, 5.74) is 1.52. The zero-order valence-electron chi connectivity index (χ0n) is 10.2. The summed E-state index contributed by atoms with van der Waals surface area (Å²) in [5.74, 6) is 0. The molecule has 1 aromatic carbocycles. The third kappa shape index (κ3) is 3.27. The van der Waals surface area contributed by atoms with Crippen molar-refractivity contribution < 1.29 is 0 Å². The Morgan fingerprint density at radius 2 is 1.71 bits per heavy atom. The zero-order valence-corrected chi connectivity index (χ0v) is 11.0. The smallest absolute Gasteiger partial charge is 0.213 e. The van der Waals surface area contributed by atoms with Crippen LogP contribution < -0.4 is 0 Å². The third-order valence-electron chi connectivity index (χ3n) is 2.39. The van der Waals surface area contributed by atoms with Crippen LogP contribution in [0.3, 0.4) is 0 Å². The van der Waals surface area contributed by atoms with Crippen molar-refractivity contribution >= 4 is 11.8 Å². The van der Waals surface area contributed by atoms with Crippen molar-refractivity contribution in [1.29, 1.82) is 0 Å². The van der Waals surface area contributed by atoms with Gasteiger partial charge in [0.25, 0.3) is 0 Å². The van der Waals surface area contributed by atoms with Crippen molar-refractivity contribution in [3.63, 3.8) is 0 Å². The van der Waals surface area contributed by atoms with Crippen molar-refractivity contribution in [1.82, 2.24) is 15.2 Å². The first-order valence-electron chi connectivity index (χ1n) is 5.48. The largest absolute Gasteiger partial charge is 0.228 e. The Morgan fingerprint density at radius 1 is 1.00 bits per heavy atom. The van der Waals surface area contributed by atoms with Gasteiger partial charge in [0, 0.05) is 4.90 Å². The first-order chi connectivity index (χ1) is 8.05. The number of hydrogen-bond donors (Lipinski definition) is 0. The summed E-state index contributed by atoms with van der Waals surface area (Å²) in [5, 5.41) is 8.43. The lowest BCUT2D eigenvalue weighted by molar-refractivity contribution is 0.590. The Morgan fingerprint density at radius 3 is 2.24 bits per heavy atom. The fourth-order valence-electron chi connectivity index (χ4n) is 1.41. The molecule has 1 aromatic heterocycles. The summed E-state index contributed by atoms with van der Waals surface area (Å²) < 4.78 is 0. The maximum atomic E-state index is 4.13. The van der Waals surface area contributed by atoms with E-state index in [4.69, 9.17) is 0 Å². The molecule has 0 radical (unpaired) electrons. The highest BCUT2D eigenvalue weighted by molar-refractivity contribution is 7.99. The Kier molecular flexibility index (Phi) is 3.43. The molecule has 0 fully saturated rings. The van der Waals surface area contributed by atoms with E-state index in [0.717, 1.165) is 4.90 Å². The van der Waals surface area contributed by atoms with Crippen LogP contribution in [0.25, 0.3) is 0 Å². The molecule has 3 nitrogen and oxygen atoms in total. The second-order valence-corrected chi connectivity index (χ2v) is 5.84. The molecule has 2 aromatic rings. The van der Waals surface area contributed by atoms with Gasteiger partial charge >= 0.3 is 0 Å². The number of aromatic nitrogens is 3. The summed E-state index contributed by atoms with van der Waals surface area (Å²) in [6.07, 6.45) is 3.23. The Balaban J connectivity index is 2.14. The van der Waals surface area contributed by atoms with E-state index in [1.165, 1.54) is 17.3 Å². The van der Waals surface area contributed by atoms with E-state index in [-0.39, 0.29) is 5.41 Å². The van der Waals surface area contributed by atoms with Crippen LogP contribution >= 0.6 is 11.8 Å². The van der Waals surface area contributed by atoms with Crippen molar-refractivity contribution in [2.24, 2.45) is 0 Å². The molecule has 0 saturated heterocycles. The van der Waals surface area contributed by atoms with Gasteiger partial charge in [0.1, 0.15) is 0 Å². The van der Waals surface area contributed by atoms with Crippen LogP contribution in [-0.2, 0) is 5.41 Å². The van der Waals surface area contributed by atoms with Crippen LogP contribution in [0.4, 0.5) is 0 Å². The number of nitrogens with zero attached hydrogens (tertiary/aromatic N) is 3. The van der Waals surface area contributed by atoms with Gasteiger partial charge in [-0.25, -0.2) is 4.98 Å². The normalized spacial score (nSPS) is 11.5. The maximum Gasteiger partial charge on any atom is 0.213 e. The Hall–Kier alpha value is -1.42. The summed E-state index contributed by atoms with van der Waals surface area (Å²) in [6, 6.07) is 8.50. The van der Waals surface area contributed by atoms with Crippen molar-refractivity contribution in [2.75, 3.05) is 0 Å². The van der Waals surface area contributed by atoms with Crippen LogP contribution in [-0.4, -0.2) is 15.2 Å². The summed E-state index contributed by atoms with van der Waals surface area (Å²) in [4.78, 5) is 5.27. The monoisotopic (exact) mass is 245 g/mol. The minimum Gasteiger partial charge on any atom is -0.228 e. The molecule has 0 aliphatic rings. The van der Waals surface area contributed by atoms with Crippen LogP contribution in [0, 0.1) is 0 Å². The molecule has 88 valence electrons. The van der Waals surface area contributed by atoms with Gasteiger partial charge in [0.05, 0.1) is 12.4 Å². The highest BCUT2D eigenvalue weighted by atomic mass is 32.2. The topological polar surface area (TPSA) is 38.7 Å². The van der Waals surface area contributed by atoms with Crippen LogP contribution in [0.1, 0.15) is 26.3 Å². The Labute approximate surface area is 106 Å². The lowest BCUT2D eigenvalue weighted by atomic mass is 9.87. The molecule has 4 heteroatoms. The van der Waals surface area contributed by atoms with E-state index in [2.05, 4.69) is 60.2 Å². The average molecular weight is 245 g/mol. The molecule has 0 bridgehead atoms. The number of rotatable bonds is 2. The molecule has 0 N–H and O–H groups in total. The van der Waals surface area contributed by atoms with Gasteiger partial charge in [-0.3, -0.25) is 0 Å². The van der Waals surface area contributed by atoms with E-state index in [1.807, 2.05) is 0 Å². The Bertz CT molecular complexity index is 474. The van der Waals surface area contributed by atoms with E-state index < -0.39 is 0 Å². The highest BCUT2D eigenvalue weighted by Crippen LogP contribution is 2.27. The maximum absolute atomic E-state index is 4.13. The van der Waals surface area contributed by atoms with Crippen molar-refractivity contribution in [2.45, 2.75) is 36.2 Å². The minimum atomic E-state index is 0.188. The van der Waals surface area contributed by atoms with E-state index in [9.17, 15) is 0 Å². The van der Waals surface area contributed by atoms with Gasteiger partial charge < -0.3 is 0 Å².